The lowest BCUT2D eigenvalue weighted by Gasteiger charge is -2.05. The summed E-state index contributed by atoms with van der Waals surface area (Å²) in [6.07, 6.45) is 1.61. The summed E-state index contributed by atoms with van der Waals surface area (Å²) in [5.41, 5.74) is 4.53. The molecule has 0 aliphatic rings. The molecular weight excluding hydrogens is 448 g/mol. The predicted molar refractivity (Wildman–Crippen MR) is 138 cm³/mol. The van der Waals surface area contributed by atoms with Crippen LogP contribution in [0.15, 0.2) is 82.7 Å². The van der Waals surface area contributed by atoms with E-state index in [4.69, 9.17) is 9.97 Å². The van der Waals surface area contributed by atoms with Crippen LogP contribution in [0.3, 0.4) is 0 Å². The topological polar surface area (TPSA) is 63.3 Å². The van der Waals surface area contributed by atoms with Gasteiger partial charge in [-0.1, -0.05) is 58.9 Å². The first-order chi connectivity index (χ1) is 16.1. The van der Waals surface area contributed by atoms with Crippen LogP contribution in [0.5, 0.6) is 5.88 Å². The fraction of sp³-hybridized carbons (Fsp3) is 0.115. The number of benzene rings is 3. The van der Waals surface area contributed by atoms with Crippen molar-refractivity contribution in [2.75, 3.05) is 0 Å². The van der Waals surface area contributed by atoms with E-state index < -0.39 is 0 Å². The number of thiazole rings is 1. The van der Waals surface area contributed by atoms with Gasteiger partial charge in [0.05, 0.1) is 27.9 Å². The summed E-state index contributed by atoms with van der Waals surface area (Å²) in [6, 6.07) is 24.3. The van der Waals surface area contributed by atoms with Crippen molar-refractivity contribution in [3.8, 4) is 11.0 Å². The van der Waals surface area contributed by atoms with Crippen molar-refractivity contribution in [2.45, 2.75) is 24.5 Å². The molecule has 3 aromatic carbocycles. The van der Waals surface area contributed by atoms with Gasteiger partial charge < -0.3 is 5.11 Å². The lowest BCUT2D eigenvalue weighted by atomic mass is 10.2. The van der Waals surface area contributed by atoms with E-state index in [2.05, 4.69) is 36.2 Å². The predicted octanol–water partition coefficient (Wildman–Crippen LogP) is 6.85. The van der Waals surface area contributed by atoms with Gasteiger partial charge in [0.15, 0.2) is 5.13 Å². The van der Waals surface area contributed by atoms with Gasteiger partial charge in [0, 0.05) is 4.90 Å². The molecule has 0 atom stereocenters. The number of nitrogens with zero attached hydrogens (tertiary/aromatic N) is 4. The molecule has 33 heavy (non-hydrogen) atoms. The SMILES string of the molecule is Cc1ccc(N=Cc2nc(CSc3ccc(C)cc3)n(-c3nc4ccccc4s3)c2O)cc1. The van der Waals surface area contributed by atoms with E-state index >= 15 is 0 Å². The van der Waals surface area contributed by atoms with Gasteiger partial charge in [0.25, 0.3) is 0 Å². The molecule has 5 aromatic rings. The van der Waals surface area contributed by atoms with Crippen LogP contribution < -0.4 is 0 Å². The molecule has 0 bridgehead atoms. The van der Waals surface area contributed by atoms with Crippen LogP contribution in [0, 0.1) is 13.8 Å². The summed E-state index contributed by atoms with van der Waals surface area (Å²) >= 11 is 3.20. The smallest absolute Gasteiger partial charge is 0.227 e. The summed E-state index contributed by atoms with van der Waals surface area (Å²) in [7, 11) is 0. The Morgan fingerprint density at radius 3 is 2.36 bits per heavy atom. The Hall–Kier alpha value is -3.42. The van der Waals surface area contributed by atoms with Crippen molar-refractivity contribution in [3.63, 3.8) is 0 Å². The first kappa shape index (κ1) is 21.4. The van der Waals surface area contributed by atoms with Gasteiger partial charge >= 0.3 is 0 Å². The van der Waals surface area contributed by atoms with E-state index in [9.17, 15) is 5.11 Å². The zero-order valence-corrected chi connectivity index (χ0v) is 19.9. The number of imidazole rings is 1. The molecule has 1 N–H and O–H groups in total. The second kappa shape index (κ2) is 9.21. The highest BCUT2D eigenvalue weighted by molar-refractivity contribution is 7.98. The Morgan fingerprint density at radius 2 is 1.64 bits per heavy atom. The summed E-state index contributed by atoms with van der Waals surface area (Å²) in [6.45, 7) is 4.11. The molecule has 0 unspecified atom stereocenters. The normalized spacial score (nSPS) is 11.6. The lowest BCUT2D eigenvalue weighted by molar-refractivity contribution is 0.440. The molecule has 0 fully saturated rings. The maximum atomic E-state index is 11.1. The summed E-state index contributed by atoms with van der Waals surface area (Å²) in [5, 5.41) is 11.8. The third-order valence-corrected chi connectivity index (χ3v) is 7.21. The van der Waals surface area contributed by atoms with Crippen LogP contribution in [0.1, 0.15) is 22.6 Å². The van der Waals surface area contributed by atoms with Gasteiger partial charge in [-0.25, -0.2) is 14.5 Å². The number of hydrogen-bond donors (Lipinski definition) is 1. The van der Waals surface area contributed by atoms with Crippen molar-refractivity contribution in [2.24, 2.45) is 4.99 Å². The summed E-state index contributed by atoms with van der Waals surface area (Å²) in [5.74, 6) is 1.36. The number of hydrogen-bond acceptors (Lipinski definition) is 6. The Balaban J connectivity index is 1.52. The molecule has 0 saturated heterocycles. The molecule has 0 spiro atoms. The number of thioether (sulfide) groups is 1. The van der Waals surface area contributed by atoms with Crippen LogP contribution in [0.25, 0.3) is 15.3 Å². The van der Waals surface area contributed by atoms with Crippen molar-refractivity contribution in [3.05, 3.63) is 95.4 Å². The largest absolute Gasteiger partial charge is 0.493 e. The van der Waals surface area contributed by atoms with E-state index in [1.165, 1.54) is 22.5 Å². The van der Waals surface area contributed by atoms with Crippen LogP contribution >= 0.6 is 23.1 Å². The van der Waals surface area contributed by atoms with E-state index in [0.29, 0.717) is 16.6 Å². The van der Waals surface area contributed by atoms with Gasteiger partial charge in [-0.2, -0.15) is 0 Å². The monoisotopic (exact) mass is 470 g/mol. The van der Waals surface area contributed by atoms with Crippen molar-refractivity contribution < 1.29 is 5.11 Å². The lowest BCUT2D eigenvalue weighted by Crippen LogP contribution is -1.99. The number of fused-ring (bicyclic) bond motifs is 1. The zero-order chi connectivity index (χ0) is 22.8. The second-order valence-corrected chi connectivity index (χ2v) is 9.79. The quantitative estimate of drug-likeness (QED) is 0.218. The molecule has 0 radical (unpaired) electrons. The molecule has 2 aromatic heterocycles. The van der Waals surface area contributed by atoms with Crippen molar-refractivity contribution >= 4 is 45.2 Å². The first-order valence-electron chi connectivity index (χ1n) is 10.5. The van der Waals surface area contributed by atoms with Crippen molar-refractivity contribution in [1.82, 2.24) is 14.5 Å². The zero-order valence-electron chi connectivity index (χ0n) is 18.3. The Morgan fingerprint density at radius 1 is 0.939 bits per heavy atom. The minimum Gasteiger partial charge on any atom is -0.493 e. The van der Waals surface area contributed by atoms with Crippen molar-refractivity contribution in [1.29, 1.82) is 0 Å². The van der Waals surface area contributed by atoms with Gasteiger partial charge in [-0.15, -0.1) is 11.8 Å². The number of para-hydroxylation sites is 1. The van der Waals surface area contributed by atoms with E-state index in [1.54, 1.807) is 22.5 Å². The van der Waals surface area contributed by atoms with Gasteiger partial charge in [-0.05, 0) is 50.2 Å². The fourth-order valence-electron chi connectivity index (χ4n) is 3.36. The van der Waals surface area contributed by atoms with E-state index in [0.717, 1.165) is 26.6 Å². The fourth-order valence-corrected chi connectivity index (χ4v) is 5.17. The molecule has 0 aliphatic carbocycles. The molecule has 5 rings (SSSR count). The first-order valence-corrected chi connectivity index (χ1v) is 12.3. The summed E-state index contributed by atoms with van der Waals surface area (Å²) in [4.78, 5) is 15.1. The van der Waals surface area contributed by atoms with Crippen LogP contribution in [-0.2, 0) is 5.75 Å². The minimum atomic E-state index is 0.0458. The van der Waals surface area contributed by atoms with Crippen LogP contribution in [-0.4, -0.2) is 25.9 Å². The Labute approximate surface area is 200 Å². The third-order valence-electron chi connectivity index (χ3n) is 5.18. The standard InChI is InChI=1S/C26H22N4OS2/c1-17-7-11-19(12-8-17)27-15-22-25(31)30(26-29-21-5-3-4-6-23(21)33-26)24(28-22)16-32-20-13-9-18(2)10-14-20/h3-15,31H,16H2,1-2H3. The number of aryl methyl sites for hydroxylation is 2. The van der Waals surface area contributed by atoms with Crippen LogP contribution in [0.4, 0.5) is 5.69 Å². The number of aliphatic imine (C=N–C) groups is 1. The third kappa shape index (κ3) is 4.69. The molecule has 0 saturated carbocycles. The highest BCUT2D eigenvalue weighted by Crippen LogP contribution is 2.33. The summed E-state index contributed by atoms with van der Waals surface area (Å²) < 4.78 is 2.80. The van der Waals surface area contributed by atoms with Gasteiger partial charge in [0.2, 0.25) is 5.88 Å². The minimum absolute atomic E-state index is 0.0458. The average molecular weight is 471 g/mol. The number of aromatic hydroxyl groups is 1. The molecular formula is C26H22N4OS2. The second-order valence-electron chi connectivity index (χ2n) is 7.73. The average Bonchev–Trinajstić information content (AvgIpc) is 3.38. The molecule has 2 heterocycles. The van der Waals surface area contributed by atoms with E-state index in [-0.39, 0.29) is 5.88 Å². The van der Waals surface area contributed by atoms with Gasteiger partial charge in [-0.3, -0.25) is 4.99 Å². The van der Waals surface area contributed by atoms with E-state index in [1.807, 2.05) is 55.5 Å². The Bertz CT molecular complexity index is 1400. The highest BCUT2D eigenvalue weighted by atomic mass is 32.2. The molecule has 164 valence electrons. The van der Waals surface area contributed by atoms with Gasteiger partial charge in [0.1, 0.15) is 11.5 Å². The maximum Gasteiger partial charge on any atom is 0.227 e. The maximum absolute atomic E-state index is 11.1. The Kier molecular flexibility index (Phi) is 5.98. The van der Waals surface area contributed by atoms with Crippen LogP contribution in [0.2, 0.25) is 0 Å². The molecule has 0 aliphatic heterocycles. The highest BCUT2D eigenvalue weighted by Gasteiger charge is 2.20. The molecule has 7 heteroatoms. The number of aromatic nitrogens is 3. The number of rotatable bonds is 6. The molecule has 5 nitrogen and oxygen atoms in total. The molecule has 0 amide bonds.